The molecule has 0 aromatic heterocycles. The summed E-state index contributed by atoms with van der Waals surface area (Å²) >= 11 is 0. The number of nitrogens with zero attached hydrogens (tertiary/aromatic N) is 1. The number of amides is 1. The van der Waals surface area contributed by atoms with Crippen molar-refractivity contribution in [3.8, 4) is 0 Å². The summed E-state index contributed by atoms with van der Waals surface area (Å²) in [6.45, 7) is 0. The van der Waals surface area contributed by atoms with Gasteiger partial charge in [0.2, 0.25) is 5.91 Å². The molecular formula is C6H14NO5P. The number of hydrogen-bond donors (Lipinski definition) is 2. The molecule has 1 amide bonds. The number of rotatable bonds is 5. The Labute approximate surface area is 76.6 Å². The van der Waals surface area contributed by atoms with Gasteiger partial charge in [0.15, 0.2) is 0 Å². The van der Waals surface area contributed by atoms with E-state index >= 15 is 0 Å². The van der Waals surface area contributed by atoms with Gasteiger partial charge in [-0.15, -0.1) is 0 Å². The van der Waals surface area contributed by atoms with E-state index in [-0.39, 0.29) is 24.9 Å². The van der Waals surface area contributed by atoms with Crippen molar-refractivity contribution in [1.82, 2.24) is 5.06 Å². The molecule has 2 N–H and O–H groups in total. The van der Waals surface area contributed by atoms with E-state index in [4.69, 9.17) is 9.79 Å². The van der Waals surface area contributed by atoms with Gasteiger partial charge in [-0.25, -0.2) is 5.06 Å². The van der Waals surface area contributed by atoms with Crippen LogP contribution in [0.4, 0.5) is 0 Å². The maximum Gasteiger partial charge on any atom is 0.325 e. The average Bonchev–Trinajstić information content (AvgIpc) is 2.00. The van der Waals surface area contributed by atoms with Crippen LogP contribution in [0.15, 0.2) is 0 Å². The van der Waals surface area contributed by atoms with Gasteiger partial charge >= 0.3 is 7.60 Å². The highest BCUT2D eigenvalue weighted by atomic mass is 31.2. The molecule has 0 fully saturated rings. The lowest BCUT2D eigenvalue weighted by molar-refractivity contribution is -0.168. The maximum atomic E-state index is 11.0. The molecule has 0 atom stereocenters. The summed E-state index contributed by atoms with van der Waals surface area (Å²) in [5, 5.41) is 1.03. The highest BCUT2D eigenvalue weighted by Gasteiger charge is 2.14. The van der Waals surface area contributed by atoms with Crippen molar-refractivity contribution < 1.29 is 24.0 Å². The van der Waals surface area contributed by atoms with Crippen LogP contribution in [-0.2, 0) is 14.2 Å². The molecule has 0 unspecified atom stereocenters. The minimum absolute atomic E-state index is 0.0788. The number of hydrogen-bond acceptors (Lipinski definition) is 3. The summed E-state index contributed by atoms with van der Waals surface area (Å²) in [5.41, 5.74) is 0. The first-order valence-corrected chi connectivity index (χ1v) is 5.52. The molecule has 0 aromatic rings. The Balaban J connectivity index is 3.66. The standard InChI is InChI=1S/C6H14NO5P/c1-7(12-2)6(8)4-3-5-13(9,10)11/h3-5H2,1-2H3,(H2,9,10,11). The second-order valence-electron chi connectivity index (χ2n) is 2.57. The zero-order valence-corrected chi connectivity index (χ0v) is 8.53. The van der Waals surface area contributed by atoms with Crippen molar-refractivity contribution in [3.05, 3.63) is 0 Å². The van der Waals surface area contributed by atoms with Crippen molar-refractivity contribution in [2.75, 3.05) is 20.3 Å². The van der Waals surface area contributed by atoms with Crippen molar-refractivity contribution in [2.24, 2.45) is 0 Å². The normalized spacial score (nSPS) is 11.4. The number of carbonyl (C=O) groups excluding carboxylic acids is 1. The lowest BCUT2D eigenvalue weighted by atomic mass is 10.3. The SMILES string of the molecule is CON(C)C(=O)CCCP(=O)(O)O. The van der Waals surface area contributed by atoms with Crippen LogP contribution in [0.2, 0.25) is 0 Å². The fourth-order valence-corrected chi connectivity index (χ4v) is 1.27. The lowest BCUT2D eigenvalue weighted by Crippen LogP contribution is -2.25. The molecule has 0 saturated heterocycles. The summed E-state index contributed by atoms with van der Waals surface area (Å²) in [6.07, 6.45) is -0.0252. The molecule has 13 heavy (non-hydrogen) atoms. The quantitative estimate of drug-likeness (QED) is 0.492. The highest BCUT2D eigenvalue weighted by molar-refractivity contribution is 7.51. The van der Waals surface area contributed by atoms with Gasteiger partial charge in [-0.05, 0) is 6.42 Å². The van der Waals surface area contributed by atoms with E-state index < -0.39 is 7.60 Å². The Morgan fingerprint density at radius 3 is 2.46 bits per heavy atom. The molecule has 0 bridgehead atoms. The van der Waals surface area contributed by atoms with Gasteiger partial charge in [-0.3, -0.25) is 14.2 Å². The molecule has 0 rings (SSSR count). The number of hydroxylamine groups is 2. The monoisotopic (exact) mass is 211 g/mol. The van der Waals surface area contributed by atoms with E-state index in [1.807, 2.05) is 0 Å². The van der Waals surface area contributed by atoms with E-state index in [9.17, 15) is 9.36 Å². The van der Waals surface area contributed by atoms with E-state index in [1.54, 1.807) is 0 Å². The highest BCUT2D eigenvalue weighted by Crippen LogP contribution is 2.35. The van der Waals surface area contributed by atoms with Crippen molar-refractivity contribution >= 4 is 13.5 Å². The van der Waals surface area contributed by atoms with Gasteiger partial charge < -0.3 is 9.79 Å². The predicted molar refractivity (Wildman–Crippen MR) is 45.9 cm³/mol. The van der Waals surface area contributed by atoms with Gasteiger partial charge in [0.25, 0.3) is 0 Å². The largest absolute Gasteiger partial charge is 0.325 e. The van der Waals surface area contributed by atoms with Gasteiger partial charge in [0.05, 0.1) is 13.3 Å². The molecule has 78 valence electrons. The average molecular weight is 211 g/mol. The summed E-state index contributed by atoms with van der Waals surface area (Å²) < 4.78 is 10.4. The Kier molecular flexibility index (Phi) is 5.17. The third-order valence-corrected chi connectivity index (χ3v) is 2.36. The molecule has 0 radical (unpaired) electrons. The fraction of sp³-hybridized carbons (Fsp3) is 0.833. The summed E-state index contributed by atoms with van der Waals surface area (Å²) in [6, 6.07) is 0. The van der Waals surface area contributed by atoms with Crippen LogP contribution < -0.4 is 0 Å². The van der Waals surface area contributed by atoms with Gasteiger partial charge in [0, 0.05) is 13.5 Å². The summed E-state index contributed by atoms with van der Waals surface area (Å²) in [7, 11) is -1.18. The molecule has 7 heteroatoms. The first kappa shape index (κ1) is 12.6. The van der Waals surface area contributed by atoms with E-state index in [2.05, 4.69) is 4.84 Å². The molecule has 0 aliphatic heterocycles. The molecule has 0 aliphatic carbocycles. The topological polar surface area (TPSA) is 87.1 Å². The van der Waals surface area contributed by atoms with E-state index in [1.165, 1.54) is 14.2 Å². The Morgan fingerprint density at radius 2 is 2.08 bits per heavy atom. The maximum absolute atomic E-state index is 11.0. The minimum atomic E-state index is -3.97. The third kappa shape index (κ3) is 6.72. The predicted octanol–water partition coefficient (Wildman–Crippen LogP) is -0.0359. The van der Waals surface area contributed by atoms with Crippen LogP contribution in [0, 0.1) is 0 Å². The fourth-order valence-electron chi connectivity index (χ4n) is 0.696. The third-order valence-electron chi connectivity index (χ3n) is 1.47. The van der Waals surface area contributed by atoms with Gasteiger partial charge in [0.1, 0.15) is 0 Å². The molecule has 0 aliphatic rings. The zero-order valence-electron chi connectivity index (χ0n) is 7.63. The van der Waals surface area contributed by atoms with Crippen LogP contribution in [0.25, 0.3) is 0 Å². The second kappa shape index (κ2) is 5.34. The zero-order chi connectivity index (χ0) is 10.5. The molecule has 0 saturated carbocycles. The van der Waals surface area contributed by atoms with E-state index in [0.29, 0.717) is 0 Å². The Bertz CT molecular complexity index is 213. The van der Waals surface area contributed by atoms with Crippen LogP contribution in [0.1, 0.15) is 12.8 Å². The van der Waals surface area contributed by atoms with Crippen LogP contribution in [0.3, 0.4) is 0 Å². The van der Waals surface area contributed by atoms with Gasteiger partial charge in [-0.1, -0.05) is 0 Å². The van der Waals surface area contributed by atoms with Gasteiger partial charge in [-0.2, -0.15) is 0 Å². The molecule has 6 nitrogen and oxygen atoms in total. The Hall–Kier alpha value is -0.420. The van der Waals surface area contributed by atoms with Crippen LogP contribution >= 0.6 is 7.60 Å². The van der Waals surface area contributed by atoms with Crippen LogP contribution in [-0.4, -0.2) is 41.1 Å². The number of carbonyl (C=O) groups is 1. The first-order chi connectivity index (χ1) is 5.87. The smallest absolute Gasteiger partial charge is 0.324 e. The molecule has 0 aromatic carbocycles. The van der Waals surface area contributed by atoms with E-state index in [0.717, 1.165) is 5.06 Å². The lowest BCUT2D eigenvalue weighted by Gasteiger charge is -2.13. The first-order valence-electron chi connectivity index (χ1n) is 3.72. The molecule has 0 spiro atoms. The summed E-state index contributed by atoms with van der Waals surface area (Å²) in [5.74, 6) is -0.295. The van der Waals surface area contributed by atoms with Crippen molar-refractivity contribution in [3.63, 3.8) is 0 Å². The minimum Gasteiger partial charge on any atom is -0.324 e. The molecule has 0 heterocycles. The Morgan fingerprint density at radius 1 is 1.54 bits per heavy atom. The van der Waals surface area contributed by atoms with Crippen molar-refractivity contribution in [2.45, 2.75) is 12.8 Å². The molecular weight excluding hydrogens is 197 g/mol. The second-order valence-corrected chi connectivity index (χ2v) is 4.34. The van der Waals surface area contributed by atoms with Crippen molar-refractivity contribution in [1.29, 1.82) is 0 Å². The summed E-state index contributed by atoms with van der Waals surface area (Å²) in [4.78, 5) is 32.6. The van der Waals surface area contributed by atoms with Crippen LogP contribution in [0.5, 0.6) is 0 Å².